The van der Waals surface area contributed by atoms with Crippen LogP contribution < -0.4 is 5.32 Å². The number of carbonyl (C=O) groups excluding carboxylic acids is 1. The number of thiophene rings is 1. The number of amides is 1. The van der Waals surface area contributed by atoms with Gasteiger partial charge >= 0.3 is 0 Å². The first-order valence-electron chi connectivity index (χ1n) is 7.13. The zero-order chi connectivity index (χ0) is 15.5. The number of nitrogens with one attached hydrogen (secondary N) is 1. The summed E-state index contributed by atoms with van der Waals surface area (Å²) in [7, 11) is 1.82. The second kappa shape index (κ2) is 6.41. The molecule has 2 aromatic rings. The molecule has 0 saturated carbocycles. The average Bonchev–Trinajstić information content (AvgIpc) is 3.08. The average molecular weight is 318 g/mol. The number of morpholine rings is 1. The molecule has 0 bridgehead atoms. The van der Waals surface area contributed by atoms with E-state index in [1.165, 1.54) is 11.3 Å². The molecule has 3 rings (SSSR count). The first kappa shape index (κ1) is 14.9. The zero-order valence-corrected chi connectivity index (χ0v) is 13.4. The predicted octanol–water partition coefficient (Wildman–Crippen LogP) is 2.10. The minimum absolute atomic E-state index is 0.00524. The number of anilines is 1. The van der Waals surface area contributed by atoms with Crippen molar-refractivity contribution in [2.45, 2.75) is 13.0 Å². The number of nitrogens with zero attached hydrogens (tertiary/aromatic N) is 3. The van der Waals surface area contributed by atoms with Crippen LogP contribution in [0.25, 0.3) is 0 Å². The van der Waals surface area contributed by atoms with Crippen molar-refractivity contribution in [3.05, 3.63) is 40.0 Å². The standard InChI is InChI=1S/C15H18N4O2S/c1-10-7-13(16-2)18-14(17-10)12-8-21-5-4-19(12)15(20)11-3-6-22-9-11/h3,6-7,9,12H,4-5,8H2,1-2H3,(H,16,17,18)/t12-/m1/s1. The van der Waals surface area contributed by atoms with Crippen LogP contribution in [0.15, 0.2) is 22.9 Å². The fourth-order valence-corrected chi connectivity index (χ4v) is 3.11. The quantitative estimate of drug-likeness (QED) is 0.939. The Morgan fingerprint density at radius 3 is 3.09 bits per heavy atom. The van der Waals surface area contributed by atoms with Gasteiger partial charge in [-0.1, -0.05) is 0 Å². The maximum Gasteiger partial charge on any atom is 0.255 e. The Morgan fingerprint density at radius 2 is 2.36 bits per heavy atom. The summed E-state index contributed by atoms with van der Waals surface area (Å²) in [6, 6.07) is 3.46. The van der Waals surface area contributed by atoms with Crippen LogP contribution in [0.4, 0.5) is 5.82 Å². The Labute approximate surface area is 133 Å². The fraction of sp³-hybridized carbons (Fsp3) is 0.400. The van der Waals surface area contributed by atoms with Crippen LogP contribution in [-0.2, 0) is 4.74 Å². The van der Waals surface area contributed by atoms with Gasteiger partial charge in [0.15, 0.2) is 5.82 Å². The van der Waals surface area contributed by atoms with Crippen molar-refractivity contribution in [3.8, 4) is 0 Å². The summed E-state index contributed by atoms with van der Waals surface area (Å²) in [6.45, 7) is 3.42. The predicted molar refractivity (Wildman–Crippen MR) is 85.2 cm³/mol. The molecule has 0 aromatic carbocycles. The molecule has 2 aromatic heterocycles. The van der Waals surface area contributed by atoms with Crippen molar-refractivity contribution in [2.75, 3.05) is 32.1 Å². The van der Waals surface area contributed by atoms with Gasteiger partial charge in [-0.05, 0) is 18.4 Å². The van der Waals surface area contributed by atoms with E-state index in [4.69, 9.17) is 4.74 Å². The van der Waals surface area contributed by atoms with Crippen molar-refractivity contribution < 1.29 is 9.53 Å². The largest absolute Gasteiger partial charge is 0.377 e. The number of ether oxygens (including phenoxy) is 1. The van der Waals surface area contributed by atoms with E-state index in [0.717, 1.165) is 11.5 Å². The first-order valence-corrected chi connectivity index (χ1v) is 8.07. The van der Waals surface area contributed by atoms with Gasteiger partial charge in [0.2, 0.25) is 0 Å². The Kier molecular flexibility index (Phi) is 4.35. The third kappa shape index (κ3) is 2.95. The van der Waals surface area contributed by atoms with Gasteiger partial charge in [0.25, 0.3) is 5.91 Å². The summed E-state index contributed by atoms with van der Waals surface area (Å²) in [5.74, 6) is 1.37. The SMILES string of the molecule is CNc1cc(C)nc([C@H]2COCCN2C(=O)c2ccsc2)n1. The van der Waals surface area contributed by atoms with E-state index in [2.05, 4.69) is 15.3 Å². The number of carbonyl (C=O) groups is 1. The molecule has 22 heavy (non-hydrogen) atoms. The van der Waals surface area contributed by atoms with Crippen LogP contribution in [0.3, 0.4) is 0 Å². The van der Waals surface area contributed by atoms with E-state index in [1.807, 2.05) is 36.9 Å². The molecular weight excluding hydrogens is 300 g/mol. The fourth-order valence-electron chi connectivity index (χ4n) is 2.48. The first-order chi connectivity index (χ1) is 10.7. The van der Waals surface area contributed by atoms with E-state index in [-0.39, 0.29) is 11.9 Å². The molecular formula is C15H18N4O2S. The van der Waals surface area contributed by atoms with Crippen LogP contribution in [0.5, 0.6) is 0 Å². The van der Waals surface area contributed by atoms with Crippen molar-refractivity contribution >= 4 is 23.1 Å². The highest BCUT2D eigenvalue weighted by Crippen LogP contribution is 2.25. The number of rotatable bonds is 3. The highest BCUT2D eigenvalue weighted by molar-refractivity contribution is 7.08. The van der Waals surface area contributed by atoms with Gasteiger partial charge in [-0.15, -0.1) is 0 Å². The molecule has 1 saturated heterocycles. The lowest BCUT2D eigenvalue weighted by Crippen LogP contribution is -2.44. The maximum atomic E-state index is 12.7. The Morgan fingerprint density at radius 1 is 1.50 bits per heavy atom. The molecule has 0 radical (unpaired) electrons. The van der Waals surface area contributed by atoms with Crippen LogP contribution in [-0.4, -0.2) is 47.6 Å². The van der Waals surface area contributed by atoms with Crippen LogP contribution in [0.2, 0.25) is 0 Å². The second-order valence-electron chi connectivity index (χ2n) is 5.10. The summed E-state index contributed by atoms with van der Waals surface area (Å²) in [6.07, 6.45) is 0. The molecule has 1 amide bonds. The minimum Gasteiger partial charge on any atom is -0.377 e. The van der Waals surface area contributed by atoms with Crippen LogP contribution in [0, 0.1) is 6.92 Å². The van der Waals surface area contributed by atoms with Gasteiger partial charge in [0, 0.05) is 30.7 Å². The molecule has 1 N–H and O–H groups in total. The topological polar surface area (TPSA) is 67.4 Å². The summed E-state index contributed by atoms with van der Waals surface area (Å²) in [5, 5.41) is 6.80. The Balaban J connectivity index is 1.93. The molecule has 7 heteroatoms. The molecule has 3 heterocycles. The summed E-state index contributed by atoms with van der Waals surface area (Å²) in [4.78, 5) is 23.5. The molecule has 116 valence electrons. The summed E-state index contributed by atoms with van der Waals surface area (Å²) < 4.78 is 5.56. The third-order valence-corrected chi connectivity index (χ3v) is 4.27. The number of aryl methyl sites for hydroxylation is 1. The summed E-state index contributed by atoms with van der Waals surface area (Å²) >= 11 is 1.52. The summed E-state index contributed by atoms with van der Waals surface area (Å²) in [5.41, 5.74) is 1.57. The van der Waals surface area contributed by atoms with Crippen molar-refractivity contribution in [3.63, 3.8) is 0 Å². The molecule has 1 aliphatic heterocycles. The lowest BCUT2D eigenvalue weighted by atomic mass is 10.1. The van der Waals surface area contributed by atoms with Gasteiger partial charge in [-0.25, -0.2) is 9.97 Å². The number of aromatic nitrogens is 2. The minimum atomic E-state index is -0.256. The van der Waals surface area contributed by atoms with Gasteiger partial charge in [0.05, 0.1) is 18.8 Å². The number of hydrogen-bond acceptors (Lipinski definition) is 6. The van der Waals surface area contributed by atoms with Gasteiger partial charge in [-0.2, -0.15) is 11.3 Å². The lowest BCUT2D eigenvalue weighted by Gasteiger charge is -2.34. The highest BCUT2D eigenvalue weighted by atomic mass is 32.1. The zero-order valence-electron chi connectivity index (χ0n) is 12.6. The van der Waals surface area contributed by atoms with Gasteiger partial charge in [-0.3, -0.25) is 4.79 Å². The molecule has 0 aliphatic carbocycles. The normalized spacial score (nSPS) is 18.3. The van der Waals surface area contributed by atoms with Crippen LogP contribution in [0.1, 0.15) is 27.9 Å². The number of hydrogen-bond donors (Lipinski definition) is 1. The highest BCUT2D eigenvalue weighted by Gasteiger charge is 2.31. The van der Waals surface area contributed by atoms with Gasteiger partial charge < -0.3 is 15.0 Å². The maximum absolute atomic E-state index is 12.7. The van der Waals surface area contributed by atoms with E-state index < -0.39 is 0 Å². The van der Waals surface area contributed by atoms with Crippen LogP contribution >= 0.6 is 11.3 Å². The Bertz CT molecular complexity index is 660. The van der Waals surface area contributed by atoms with E-state index in [9.17, 15) is 4.79 Å². The molecule has 1 fully saturated rings. The van der Waals surface area contributed by atoms with E-state index in [1.54, 1.807) is 4.90 Å². The lowest BCUT2D eigenvalue weighted by molar-refractivity contribution is -0.00519. The molecule has 0 unspecified atom stereocenters. The monoisotopic (exact) mass is 318 g/mol. The molecule has 0 spiro atoms. The Hall–Kier alpha value is -1.99. The van der Waals surface area contributed by atoms with Gasteiger partial charge in [0.1, 0.15) is 11.9 Å². The van der Waals surface area contributed by atoms with Crippen molar-refractivity contribution in [1.29, 1.82) is 0 Å². The molecule has 1 atom stereocenters. The van der Waals surface area contributed by atoms with Crippen molar-refractivity contribution in [2.24, 2.45) is 0 Å². The molecule has 6 nitrogen and oxygen atoms in total. The third-order valence-electron chi connectivity index (χ3n) is 3.58. The van der Waals surface area contributed by atoms with Crippen molar-refractivity contribution in [1.82, 2.24) is 14.9 Å². The molecule has 1 aliphatic rings. The van der Waals surface area contributed by atoms with E-state index >= 15 is 0 Å². The van der Waals surface area contributed by atoms with E-state index in [0.29, 0.717) is 31.1 Å². The second-order valence-corrected chi connectivity index (χ2v) is 5.88. The smallest absolute Gasteiger partial charge is 0.255 e.